The molecular formula is C25H26N4O3. The Bertz CT molecular complexity index is 1090. The van der Waals surface area contributed by atoms with E-state index >= 15 is 0 Å². The summed E-state index contributed by atoms with van der Waals surface area (Å²) < 4.78 is 10.6. The molecule has 1 fully saturated rings. The van der Waals surface area contributed by atoms with E-state index in [0.717, 1.165) is 30.0 Å². The van der Waals surface area contributed by atoms with Gasteiger partial charge in [0.05, 0.1) is 14.2 Å². The molecule has 0 unspecified atom stereocenters. The van der Waals surface area contributed by atoms with Crippen LogP contribution in [0, 0.1) is 0 Å². The lowest BCUT2D eigenvalue weighted by molar-refractivity contribution is -0.126. The molecule has 2 aromatic carbocycles. The molecule has 4 rings (SSSR count). The highest BCUT2D eigenvalue weighted by Crippen LogP contribution is 2.26. The number of amides is 1. The molecule has 7 heteroatoms. The third-order valence-corrected chi connectivity index (χ3v) is 5.43. The molecule has 1 aliphatic heterocycles. The topological polar surface area (TPSA) is 67.8 Å². The van der Waals surface area contributed by atoms with Crippen LogP contribution in [0.2, 0.25) is 0 Å². The molecule has 1 aliphatic rings. The van der Waals surface area contributed by atoms with Crippen LogP contribution >= 0.6 is 0 Å². The number of ether oxygens (including phenoxy) is 2. The molecule has 0 atom stereocenters. The van der Waals surface area contributed by atoms with Crippen molar-refractivity contribution in [3.8, 4) is 22.9 Å². The summed E-state index contributed by atoms with van der Waals surface area (Å²) in [5, 5.41) is 0. The lowest BCUT2D eigenvalue weighted by atomic mass is 10.1. The Kier molecular flexibility index (Phi) is 6.65. The summed E-state index contributed by atoms with van der Waals surface area (Å²) in [6.07, 6.45) is 5.16. The first-order valence-electron chi connectivity index (χ1n) is 10.5. The molecule has 1 aromatic heterocycles. The summed E-state index contributed by atoms with van der Waals surface area (Å²) in [7, 11) is 3.21. The van der Waals surface area contributed by atoms with Crippen molar-refractivity contribution in [3.05, 3.63) is 72.4 Å². The fraction of sp³-hybridized carbons (Fsp3) is 0.240. The molecule has 0 spiro atoms. The van der Waals surface area contributed by atoms with Crippen molar-refractivity contribution >= 4 is 17.8 Å². The van der Waals surface area contributed by atoms with Crippen molar-refractivity contribution in [2.24, 2.45) is 0 Å². The molecule has 0 aliphatic carbocycles. The van der Waals surface area contributed by atoms with Gasteiger partial charge in [-0.1, -0.05) is 30.3 Å². The summed E-state index contributed by atoms with van der Waals surface area (Å²) >= 11 is 0. The number of hydrogen-bond donors (Lipinski definition) is 0. The second kappa shape index (κ2) is 9.96. The average molecular weight is 431 g/mol. The maximum Gasteiger partial charge on any atom is 0.246 e. The maximum absolute atomic E-state index is 12.7. The number of benzene rings is 2. The van der Waals surface area contributed by atoms with Crippen molar-refractivity contribution in [1.29, 1.82) is 0 Å². The standard InChI is InChI=1S/C25H26N4O3/c1-31-21-10-8-19(22(18-21)32-2)9-11-24(30)29-16-14-28(15-17-29)23-12-13-26-25(27-23)20-6-4-3-5-7-20/h3-13,18H,14-17H2,1-2H3/b11-9+. The fourth-order valence-corrected chi connectivity index (χ4v) is 3.63. The Balaban J connectivity index is 1.38. The van der Waals surface area contributed by atoms with E-state index in [1.165, 1.54) is 0 Å². The number of nitrogens with zero attached hydrogens (tertiary/aromatic N) is 4. The number of aromatic nitrogens is 2. The summed E-state index contributed by atoms with van der Waals surface area (Å²) in [6, 6.07) is 17.4. The first kappa shape index (κ1) is 21.4. The second-order valence-electron chi connectivity index (χ2n) is 7.36. The van der Waals surface area contributed by atoms with E-state index in [-0.39, 0.29) is 5.91 Å². The normalized spacial score (nSPS) is 13.9. The van der Waals surface area contributed by atoms with Crippen molar-refractivity contribution in [3.63, 3.8) is 0 Å². The number of piperazine rings is 1. The average Bonchev–Trinajstić information content (AvgIpc) is 2.87. The number of carbonyl (C=O) groups is 1. The monoisotopic (exact) mass is 430 g/mol. The molecule has 1 amide bonds. The Morgan fingerprint density at radius 1 is 0.969 bits per heavy atom. The van der Waals surface area contributed by atoms with Gasteiger partial charge in [0.15, 0.2) is 5.82 Å². The summed E-state index contributed by atoms with van der Waals surface area (Å²) in [5.41, 5.74) is 1.82. The lowest BCUT2D eigenvalue weighted by Gasteiger charge is -2.35. The minimum absolute atomic E-state index is 0.0183. The zero-order chi connectivity index (χ0) is 22.3. The highest BCUT2D eigenvalue weighted by Gasteiger charge is 2.21. The fourth-order valence-electron chi connectivity index (χ4n) is 3.63. The Hall–Kier alpha value is -3.87. The lowest BCUT2D eigenvalue weighted by Crippen LogP contribution is -2.48. The zero-order valence-electron chi connectivity index (χ0n) is 18.3. The minimum atomic E-state index is -0.0183. The maximum atomic E-state index is 12.7. The smallest absolute Gasteiger partial charge is 0.246 e. The van der Waals surface area contributed by atoms with E-state index in [2.05, 4.69) is 9.88 Å². The van der Waals surface area contributed by atoms with E-state index < -0.39 is 0 Å². The molecule has 0 N–H and O–H groups in total. The third-order valence-electron chi connectivity index (χ3n) is 5.43. The SMILES string of the molecule is COc1ccc(/C=C/C(=O)N2CCN(c3ccnc(-c4ccccc4)n3)CC2)c(OC)c1. The van der Waals surface area contributed by atoms with Crippen LogP contribution in [0.25, 0.3) is 17.5 Å². The van der Waals surface area contributed by atoms with Gasteiger partial charge >= 0.3 is 0 Å². The van der Waals surface area contributed by atoms with Crippen molar-refractivity contribution in [1.82, 2.24) is 14.9 Å². The van der Waals surface area contributed by atoms with E-state index in [1.54, 1.807) is 38.6 Å². The van der Waals surface area contributed by atoms with E-state index in [0.29, 0.717) is 30.4 Å². The molecule has 32 heavy (non-hydrogen) atoms. The quantitative estimate of drug-likeness (QED) is 0.558. The van der Waals surface area contributed by atoms with Gasteiger partial charge < -0.3 is 19.3 Å². The molecule has 164 valence electrons. The van der Waals surface area contributed by atoms with Crippen LogP contribution in [0.1, 0.15) is 5.56 Å². The van der Waals surface area contributed by atoms with Crippen molar-refractivity contribution in [2.75, 3.05) is 45.3 Å². The minimum Gasteiger partial charge on any atom is -0.497 e. The number of carbonyl (C=O) groups excluding carboxylic acids is 1. The number of rotatable bonds is 6. The summed E-state index contributed by atoms with van der Waals surface area (Å²) in [5.74, 6) is 2.94. The van der Waals surface area contributed by atoms with Crippen LogP contribution in [-0.4, -0.2) is 61.2 Å². The highest BCUT2D eigenvalue weighted by atomic mass is 16.5. The van der Waals surface area contributed by atoms with Gasteiger partial charge in [-0.3, -0.25) is 4.79 Å². The van der Waals surface area contributed by atoms with Crippen LogP contribution in [0.5, 0.6) is 11.5 Å². The van der Waals surface area contributed by atoms with E-state index in [9.17, 15) is 4.79 Å². The van der Waals surface area contributed by atoms with Gasteiger partial charge in [-0.2, -0.15) is 0 Å². The van der Waals surface area contributed by atoms with Crippen molar-refractivity contribution in [2.45, 2.75) is 0 Å². The predicted molar refractivity (Wildman–Crippen MR) is 125 cm³/mol. The van der Waals surface area contributed by atoms with Gasteiger partial charge in [-0.25, -0.2) is 9.97 Å². The second-order valence-corrected chi connectivity index (χ2v) is 7.36. The van der Waals surface area contributed by atoms with Gasteiger partial charge in [-0.15, -0.1) is 0 Å². The zero-order valence-corrected chi connectivity index (χ0v) is 18.3. The Morgan fingerprint density at radius 2 is 1.75 bits per heavy atom. The first-order chi connectivity index (χ1) is 15.7. The van der Waals surface area contributed by atoms with Crippen LogP contribution in [-0.2, 0) is 4.79 Å². The van der Waals surface area contributed by atoms with Crippen molar-refractivity contribution < 1.29 is 14.3 Å². The Labute approximate surface area is 187 Å². The molecule has 3 aromatic rings. The molecule has 7 nitrogen and oxygen atoms in total. The van der Waals surface area contributed by atoms with Gasteiger partial charge in [-0.05, 0) is 24.3 Å². The van der Waals surface area contributed by atoms with Gasteiger partial charge in [0.1, 0.15) is 17.3 Å². The van der Waals surface area contributed by atoms with Gasteiger partial charge in [0, 0.05) is 55.6 Å². The molecule has 1 saturated heterocycles. The van der Waals surface area contributed by atoms with Gasteiger partial charge in [0.2, 0.25) is 5.91 Å². The predicted octanol–water partition coefficient (Wildman–Crippen LogP) is 3.52. The van der Waals surface area contributed by atoms with Gasteiger partial charge in [0.25, 0.3) is 0 Å². The van der Waals surface area contributed by atoms with Crippen LogP contribution in [0.4, 0.5) is 5.82 Å². The molecular weight excluding hydrogens is 404 g/mol. The number of hydrogen-bond acceptors (Lipinski definition) is 6. The first-order valence-corrected chi connectivity index (χ1v) is 10.5. The summed E-state index contributed by atoms with van der Waals surface area (Å²) in [4.78, 5) is 25.9. The number of methoxy groups -OCH3 is 2. The summed E-state index contributed by atoms with van der Waals surface area (Å²) in [6.45, 7) is 2.70. The molecule has 0 radical (unpaired) electrons. The van der Waals surface area contributed by atoms with Crippen LogP contribution in [0.15, 0.2) is 66.9 Å². The Morgan fingerprint density at radius 3 is 2.47 bits per heavy atom. The number of anilines is 1. The highest BCUT2D eigenvalue weighted by molar-refractivity contribution is 5.92. The molecule has 0 bridgehead atoms. The molecule has 0 saturated carbocycles. The van der Waals surface area contributed by atoms with Crippen LogP contribution in [0.3, 0.4) is 0 Å². The molecule has 2 heterocycles. The van der Waals surface area contributed by atoms with E-state index in [1.807, 2.05) is 53.4 Å². The van der Waals surface area contributed by atoms with E-state index in [4.69, 9.17) is 14.5 Å². The van der Waals surface area contributed by atoms with Crippen LogP contribution < -0.4 is 14.4 Å². The largest absolute Gasteiger partial charge is 0.497 e. The third kappa shape index (κ3) is 4.88.